The first-order valence-electron chi connectivity index (χ1n) is 4.31. The maximum absolute atomic E-state index is 9.26. The average molecular weight is 179 g/mol. The van der Waals surface area contributed by atoms with Gasteiger partial charge in [-0.15, -0.1) is 0 Å². The summed E-state index contributed by atoms with van der Waals surface area (Å²) in [6.07, 6.45) is 0.830. The second-order valence-corrected chi connectivity index (χ2v) is 3.28. The molecule has 1 heterocycles. The van der Waals surface area contributed by atoms with E-state index in [0.717, 1.165) is 12.0 Å². The van der Waals surface area contributed by atoms with Crippen LogP contribution in [0.25, 0.3) is 0 Å². The SMILES string of the molecule is NC1CC(c2cccc(O)c2)NN1. The van der Waals surface area contributed by atoms with Crippen LogP contribution in [0.5, 0.6) is 5.75 Å². The third-order valence-corrected chi connectivity index (χ3v) is 2.21. The molecule has 13 heavy (non-hydrogen) atoms. The number of hydrogen-bond acceptors (Lipinski definition) is 4. The van der Waals surface area contributed by atoms with E-state index in [4.69, 9.17) is 5.73 Å². The van der Waals surface area contributed by atoms with Crippen LogP contribution in [0, 0.1) is 0 Å². The van der Waals surface area contributed by atoms with Crippen LogP contribution in [0.15, 0.2) is 24.3 Å². The highest BCUT2D eigenvalue weighted by Gasteiger charge is 2.21. The van der Waals surface area contributed by atoms with E-state index < -0.39 is 0 Å². The molecule has 0 saturated carbocycles. The molecule has 5 N–H and O–H groups in total. The topological polar surface area (TPSA) is 70.3 Å². The molecule has 0 radical (unpaired) electrons. The average Bonchev–Trinajstić information content (AvgIpc) is 2.52. The zero-order valence-corrected chi connectivity index (χ0v) is 7.20. The number of hydrogen-bond donors (Lipinski definition) is 4. The lowest BCUT2D eigenvalue weighted by Crippen LogP contribution is -2.36. The van der Waals surface area contributed by atoms with Crippen molar-refractivity contribution in [2.24, 2.45) is 5.73 Å². The van der Waals surface area contributed by atoms with E-state index in [1.807, 2.05) is 12.1 Å². The van der Waals surface area contributed by atoms with Crippen LogP contribution in [0.1, 0.15) is 18.0 Å². The quantitative estimate of drug-likeness (QED) is 0.497. The highest BCUT2D eigenvalue weighted by Crippen LogP contribution is 2.23. The molecule has 2 unspecified atom stereocenters. The van der Waals surface area contributed by atoms with Gasteiger partial charge < -0.3 is 10.8 Å². The first-order valence-corrected chi connectivity index (χ1v) is 4.31. The summed E-state index contributed by atoms with van der Waals surface area (Å²) in [6.45, 7) is 0. The second-order valence-electron chi connectivity index (χ2n) is 3.28. The standard InChI is InChI=1S/C9H13N3O/c10-9-5-8(11-12-9)6-2-1-3-7(13)4-6/h1-4,8-9,11-13H,5,10H2. The van der Waals surface area contributed by atoms with E-state index in [2.05, 4.69) is 10.9 Å². The monoisotopic (exact) mass is 179 g/mol. The molecular weight excluding hydrogens is 166 g/mol. The van der Waals surface area contributed by atoms with Crippen molar-refractivity contribution in [3.8, 4) is 5.75 Å². The zero-order valence-electron chi connectivity index (χ0n) is 7.20. The number of aromatic hydroxyl groups is 1. The predicted molar refractivity (Wildman–Crippen MR) is 49.7 cm³/mol. The first kappa shape index (κ1) is 8.50. The summed E-state index contributed by atoms with van der Waals surface area (Å²) in [6, 6.07) is 7.40. The molecule has 1 fully saturated rings. The molecule has 1 aromatic rings. The molecule has 2 rings (SSSR count). The molecule has 0 aliphatic carbocycles. The minimum absolute atomic E-state index is 0.00708. The highest BCUT2D eigenvalue weighted by molar-refractivity contribution is 5.29. The summed E-state index contributed by atoms with van der Waals surface area (Å²) in [5, 5.41) is 9.26. The van der Waals surface area contributed by atoms with E-state index in [1.54, 1.807) is 12.1 Å². The molecule has 0 bridgehead atoms. The highest BCUT2D eigenvalue weighted by atomic mass is 16.3. The fraction of sp³-hybridized carbons (Fsp3) is 0.333. The van der Waals surface area contributed by atoms with Crippen molar-refractivity contribution in [3.05, 3.63) is 29.8 Å². The van der Waals surface area contributed by atoms with Gasteiger partial charge in [-0.05, 0) is 24.1 Å². The first-order chi connectivity index (χ1) is 6.25. The van der Waals surface area contributed by atoms with Crippen LogP contribution < -0.4 is 16.6 Å². The Morgan fingerprint density at radius 1 is 1.38 bits per heavy atom. The van der Waals surface area contributed by atoms with Crippen LogP contribution in [-0.4, -0.2) is 11.3 Å². The number of benzene rings is 1. The normalized spacial score (nSPS) is 27.8. The molecule has 70 valence electrons. The lowest BCUT2D eigenvalue weighted by molar-refractivity contribution is 0.472. The summed E-state index contributed by atoms with van der Waals surface area (Å²) >= 11 is 0. The van der Waals surface area contributed by atoms with Crippen molar-refractivity contribution >= 4 is 0 Å². The van der Waals surface area contributed by atoms with Gasteiger partial charge in [0.15, 0.2) is 0 Å². The molecule has 1 aliphatic heterocycles. The van der Waals surface area contributed by atoms with E-state index in [9.17, 15) is 5.11 Å². The number of phenols is 1. The number of hydrazine groups is 1. The van der Waals surface area contributed by atoms with Gasteiger partial charge in [0.25, 0.3) is 0 Å². The minimum atomic E-state index is -0.00708. The van der Waals surface area contributed by atoms with Crippen LogP contribution in [0.3, 0.4) is 0 Å². The van der Waals surface area contributed by atoms with Gasteiger partial charge in [-0.3, -0.25) is 0 Å². The van der Waals surface area contributed by atoms with Gasteiger partial charge in [-0.2, -0.15) is 0 Å². The van der Waals surface area contributed by atoms with Crippen molar-refractivity contribution in [3.63, 3.8) is 0 Å². The smallest absolute Gasteiger partial charge is 0.115 e. The Morgan fingerprint density at radius 2 is 2.23 bits per heavy atom. The summed E-state index contributed by atoms with van der Waals surface area (Å²) in [7, 11) is 0. The number of rotatable bonds is 1. The van der Waals surface area contributed by atoms with Gasteiger partial charge in [0.05, 0.1) is 6.17 Å². The Bertz CT molecular complexity index is 303. The van der Waals surface area contributed by atoms with Crippen molar-refractivity contribution < 1.29 is 5.11 Å². The molecule has 0 spiro atoms. The van der Waals surface area contributed by atoms with Gasteiger partial charge in [0.2, 0.25) is 0 Å². The van der Waals surface area contributed by atoms with Crippen molar-refractivity contribution in [2.75, 3.05) is 0 Å². The Kier molecular flexibility index (Phi) is 2.18. The molecular formula is C9H13N3O. The van der Waals surface area contributed by atoms with Crippen LogP contribution in [0.4, 0.5) is 0 Å². The van der Waals surface area contributed by atoms with E-state index in [0.29, 0.717) is 5.75 Å². The van der Waals surface area contributed by atoms with Crippen molar-refractivity contribution in [2.45, 2.75) is 18.6 Å². The molecule has 0 amide bonds. The number of nitrogens with one attached hydrogen (secondary N) is 2. The Labute approximate surface area is 76.7 Å². The third kappa shape index (κ3) is 1.80. The van der Waals surface area contributed by atoms with Crippen molar-refractivity contribution in [1.82, 2.24) is 10.9 Å². The van der Waals surface area contributed by atoms with Gasteiger partial charge in [0.1, 0.15) is 5.75 Å². The number of nitrogens with two attached hydrogens (primary N) is 1. The molecule has 1 saturated heterocycles. The number of phenolic OH excluding ortho intramolecular Hbond substituents is 1. The largest absolute Gasteiger partial charge is 0.508 e. The summed E-state index contributed by atoms with van der Waals surface area (Å²) in [5.41, 5.74) is 12.7. The molecule has 4 heteroatoms. The lowest BCUT2D eigenvalue weighted by atomic mass is 10.0. The maximum Gasteiger partial charge on any atom is 0.115 e. The van der Waals surface area contributed by atoms with Crippen LogP contribution in [0.2, 0.25) is 0 Å². The predicted octanol–water partition coefficient (Wildman–Crippen LogP) is 0.216. The third-order valence-electron chi connectivity index (χ3n) is 2.21. The molecule has 1 aromatic carbocycles. The van der Waals surface area contributed by atoms with Crippen molar-refractivity contribution in [1.29, 1.82) is 0 Å². The molecule has 0 aromatic heterocycles. The Balaban J connectivity index is 2.16. The molecule has 4 nitrogen and oxygen atoms in total. The van der Waals surface area contributed by atoms with Gasteiger partial charge in [0, 0.05) is 6.04 Å². The lowest BCUT2D eigenvalue weighted by Gasteiger charge is -2.09. The van der Waals surface area contributed by atoms with Crippen LogP contribution in [-0.2, 0) is 0 Å². The molecule has 1 aliphatic rings. The fourth-order valence-corrected chi connectivity index (χ4v) is 1.54. The fourth-order valence-electron chi connectivity index (χ4n) is 1.54. The Hall–Kier alpha value is -1.10. The van der Waals surface area contributed by atoms with Gasteiger partial charge >= 0.3 is 0 Å². The minimum Gasteiger partial charge on any atom is -0.508 e. The zero-order chi connectivity index (χ0) is 9.26. The van der Waals surface area contributed by atoms with Gasteiger partial charge in [-0.25, -0.2) is 10.9 Å². The second kappa shape index (κ2) is 3.33. The summed E-state index contributed by atoms with van der Waals surface area (Å²) in [5.74, 6) is 0.291. The van der Waals surface area contributed by atoms with E-state index >= 15 is 0 Å². The summed E-state index contributed by atoms with van der Waals surface area (Å²) < 4.78 is 0. The summed E-state index contributed by atoms with van der Waals surface area (Å²) in [4.78, 5) is 0. The Morgan fingerprint density at radius 3 is 2.85 bits per heavy atom. The van der Waals surface area contributed by atoms with E-state index in [-0.39, 0.29) is 12.2 Å². The van der Waals surface area contributed by atoms with Crippen LogP contribution >= 0.6 is 0 Å². The van der Waals surface area contributed by atoms with Gasteiger partial charge in [-0.1, -0.05) is 12.1 Å². The molecule has 2 atom stereocenters. The van der Waals surface area contributed by atoms with E-state index in [1.165, 1.54) is 0 Å². The maximum atomic E-state index is 9.26.